The lowest BCUT2D eigenvalue weighted by molar-refractivity contribution is -0.140. The van der Waals surface area contributed by atoms with E-state index in [1.54, 1.807) is 12.4 Å². The molecule has 1 aliphatic rings. The summed E-state index contributed by atoms with van der Waals surface area (Å²) in [5, 5.41) is 3.54. The van der Waals surface area contributed by atoms with Crippen LogP contribution in [-0.2, 0) is 14.3 Å². The van der Waals surface area contributed by atoms with Crippen LogP contribution in [0.3, 0.4) is 0 Å². The fourth-order valence-electron chi connectivity index (χ4n) is 4.85. The number of hydrogen-bond acceptors (Lipinski definition) is 8. The number of rotatable bonds is 11. The molecule has 1 atom stereocenters. The van der Waals surface area contributed by atoms with Crippen LogP contribution in [0.4, 0.5) is 17.1 Å². The molecule has 196 valence electrons. The van der Waals surface area contributed by atoms with E-state index in [-0.39, 0.29) is 18.3 Å². The summed E-state index contributed by atoms with van der Waals surface area (Å²) < 4.78 is 16.1. The molecule has 1 N–H and O–H groups in total. The average Bonchev–Trinajstić information content (AvgIpc) is 2.95. The molecule has 2 heterocycles. The predicted octanol–water partition coefficient (Wildman–Crippen LogP) is 5.32. The Labute approximate surface area is 219 Å². The van der Waals surface area contributed by atoms with E-state index >= 15 is 0 Å². The topological polar surface area (TPSA) is 85.8 Å². The third-order valence-electron chi connectivity index (χ3n) is 6.69. The smallest absolute Gasteiger partial charge is 0.316 e. The Morgan fingerprint density at radius 1 is 1.08 bits per heavy atom. The molecule has 3 aromatic rings. The molecule has 8 nitrogen and oxygen atoms in total. The van der Waals surface area contributed by atoms with Gasteiger partial charge in [0.15, 0.2) is 0 Å². The normalized spacial score (nSPS) is 14.6. The standard InChI is InChI=1S/C29H36N4O4/c1-4-33(24-13-15-36-16-14-24)27-12-11-22(25(18-28(34)35-3)21-9-7-6-8-10-21)17-26(27)32-23-19-30-29(31-20-23)37-5-2/h6-12,17,19-20,24-25,32H,4-5,13-16,18H2,1-3H3. The average molecular weight is 505 g/mol. The molecule has 0 bridgehead atoms. The van der Waals surface area contributed by atoms with Crippen molar-refractivity contribution in [3.05, 3.63) is 72.1 Å². The van der Waals surface area contributed by atoms with Crippen molar-refractivity contribution >= 4 is 23.0 Å². The van der Waals surface area contributed by atoms with E-state index in [0.29, 0.717) is 18.7 Å². The van der Waals surface area contributed by atoms with Crippen LogP contribution in [0.5, 0.6) is 6.01 Å². The number of hydrogen-bond donors (Lipinski definition) is 1. The SMILES string of the molecule is CCOc1ncc(Nc2cc(C(CC(=O)OC)c3ccccc3)ccc2N(CC)C2CCOCC2)cn1. The van der Waals surface area contributed by atoms with Gasteiger partial charge in [0.05, 0.1) is 49.6 Å². The van der Waals surface area contributed by atoms with Gasteiger partial charge in [0.2, 0.25) is 0 Å². The van der Waals surface area contributed by atoms with Gasteiger partial charge in [-0.3, -0.25) is 4.79 Å². The van der Waals surface area contributed by atoms with Gasteiger partial charge in [-0.2, -0.15) is 0 Å². The molecule has 1 unspecified atom stereocenters. The Morgan fingerprint density at radius 2 is 1.81 bits per heavy atom. The van der Waals surface area contributed by atoms with Crippen LogP contribution in [0.25, 0.3) is 0 Å². The Hall–Kier alpha value is -3.65. The first kappa shape index (κ1) is 26.4. The number of carbonyl (C=O) groups excluding carboxylic acids is 1. The zero-order chi connectivity index (χ0) is 26.0. The maximum Gasteiger partial charge on any atom is 0.316 e. The molecule has 1 saturated heterocycles. The third-order valence-corrected chi connectivity index (χ3v) is 6.69. The summed E-state index contributed by atoms with van der Waals surface area (Å²) in [7, 11) is 1.43. The fraction of sp³-hybridized carbons (Fsp3) is 0.414. The summed E-state index contributed by atoms with van der Waals surface area (Å²) >= 11 is 0. The Morgan fingerprint density at radius 3 is 2.46 bits per heavy atom. The van der Waals surface area contributed by atoms with Crippen molar-refractivity contribution in [3.8, 4) is 6.01 Å². The van der Waals surface area contributed by atoms with Crippen molar-refractivity contribution < 1.29 is 19.0 Å². The molecular weight excluding hydrogens is 468 g/mol. The quantitative estimate of drug-likeness (QED) is 0.351. The van der Waals surface area contributed by atoms with E-state index in [0.717, 1.165) is 60.8 Å². The number of carbonyl (C=O) groups is 1. The molecule has 1 aromatic heterocycles. The van der Waals surface area contributed by atoms with E-state index in [4.69, 9.17) is 14.2 Å². The van der Waals surface area contributed by atoms with Crippen molar-refractivity contribution in [2.45, 2.75) is 45.1 Å². The second-order valence-corrected chi connectivity index (χ2v) is 8.96. The lowest BCUT2D eigenvalue weighted by Gasteiger charge is -2.37. The zero-order valence-corrected chi connectivity index (χ0v) is 21.9. The molecule has 0 radical (unpaired) electrons. The summed E-state index contributed by atoms with van der Waals surface area (Å²) in [5.41, 5.74) is 4.88. The number of benzene rings is 2. The molecule has 1 aliphatic heterocycles. The van der Waals surface area contributed by atoms with Gasteiger partial charge >= 0.3 is 12.0 Å². The molecule has 1 fully saturated rings. The number of nitrogens with one attached hydrogen (secondary N) is 1. The van der Waals surface area contributed by atoms with Gasteiger partial charge in [0.25, 0.3) is 0 Å². The molecule has 8 heteroatoms. The van der Waals surface area contributed by atoms with Crippen LogP contribution < -0.4 is 15.0 Å². The number of methoxy groups -OCH3 is 1. The van der Waals surface area contributed by atoms with Gasteiger partial charge in [-0.1, -0.05) is 36.4 Å². The largest absolute Gasteiger partial charge is 0.469 e. The molecule has 0 amide bonds. The molecular formula is C29H36N4O4. The van der Waals surface area contributed by atoms with Gasteiger partial charge in [0, 0.05) is 31.7 Å². The Kier molecular flexibility index (Phi) is 9.32. The van der Waals surface area contributed by atoms with E-state index in [1.807, 2.05) is 25.1 Å². The van der Waals surface area contributed by atoms with E-state index in [2.05, 4.69) is 57.4 Å². The highest BCUT2D eigenvalue weighted by atomic mass is 16.5. The lowest BCUT2D eigenvalue weighted by Crippen LogP contribution is -2.39. The summed E-state index contributed by atoms with van der Waals surface area (Å²) in [5.74, 6) is -0.386. The molecule has 37 heavy (non-hydrogen) atoms. The highest BCUT2D eigenvalue weighted by Crippen LogP contribution is 2.37. The number of aromatic nitrogens is 2. The first-order valence-corrected chi connectivity index (χ1v) is 12.9. The first-order chi connectivity index (χ1) is 18.1. The molecule has 0 aliphatic carbocycles. The Balaban J connectivity index is 1.74. The second kappa shape index (κ2) is 13.1. The highest BCUT2D eigenvalue weighted by molar-refractivity contribution is 5.77. The zero-order valence-electron chi connectivity index (χ0n) is 21.9. The summed E-state index contributed by atoms with van der Waals surface area (Å²) in [6.07, 6.45) is 5.67. The van der Waals surface area contributed by atoms with Crippen LogP contribution in [0.15, 0.2) is 60.9 Å². The number of nitrogens with zero attached hydrogens (tertiary/aromatic N) is 3. The minimum absolute atomic E-state index is 0.141. The van der Waals surface area contributed by atoms with Crippen LogP contribution in [0, 0.1) is 0 Å². The van der Waals surface area contributed by atoms with E-state index < -0.39 is 0 Å². The number of ether oxygens (including phenoxy) is 3. The van der Waals surface area contributed by atoms with Crippen molar-refractivity contribution in [1.82, 2.24) is 9.97 Å². The number of esters is 1. The lowest BCUT2D eigenvalue weighted by atomic mass is 9.88. The fourth-order valence-corrected chi connectivity index (χ4v) is 4.85. The summed E-state index contributed by atoms with van der Waals surface area (Å²) in [6.45, 7) is 6.99. The summed E-state index contributed by atoms with van der Waals surface area (Å²) in [4.78, 5) is 23.4. The van der Waals surface area contributed by atoms with Crippen molar-refractivity contribution in [2.24, 2.45) is 0 Å². The van der Waals surface area contributed by atoms with Crippen molar-refractivity contribution in [2.75, 3.05) is 43.7 Å². The van der Waals surface area contributed by atoms with Crippen molar-refractivity contribution in [3.63, 3.8) is 0 Å². The number of anilines is 3. The molecule has 2 aromatic carbocycles. The van der Waals surface area contributed by atoms with Gasteiger partial charge < -0.3 is 24.4 Å². The van der Waals surface area contributed by atoms with E-state index in [9.17, 15) is 4.79 Å². The van der Waals surface area contributed by atoms with Crippen LogP contribution in [-0.4, -0.2) is 55.5 Å². The van der Waals surface area contributed by atoms with Gasteiger partial charge in [-0.05, 0) is 49.9 Å². The molecule has 4 rings (SSSR count). The van der Waals surface area contributed by atoms with Gasteiger partial charge in [0.1, 0.15) is 0 Å². The Bertz CT molecular complexity index is 1130. The maximum atomic E-state index is 12.4. The minimum atomic E-state index is -0.246. The molecule has 0 saturated carbocycles. The molecule has 0 spiro atoms. The first-order valence-electron chi connectivity index (χ1n) is 12.9. The second-order valence-electron chi connectivity index (χ2n) is 8.96. The van der Waals surface area contributed by atoms with Gasteiger partial charge in [-0.15, -0.1) is 0 Å². The minimum Gasteiger partial charge on any atom is -0.469 e. The van der Waals surface area contributed by atoms with Crippen LogP contribution >= 0.6 is 0 Å². The van der Waals surface area contributed by atoms with Gasteiger partial charge in [-0.25, -0.2) is 9.97 Å². The third kappa shape index (κ3) is 6.77. The van der Waals surface area contributed by atoms with Crippen molar-refractivity contribution in [1.29, 1.82) is 0 Å². The van der Waals surface area contributed by atoms with Crippen LogP contribution in [0.2, 0.25) is 0 Å². The highest BCUT2D eigenvalue weighted by Gasteiger charge is 2.25. The van der Waals surface area contributed by atoms with Crippen LogP contribution in [0.1, 0.15) is 50.2 Å². The van der Waals surface area contributed by atoms with E-state index in [1.165, 1.54) is 7.11 Å². The summed E-state index contributed by atoms with van der Waals surface area (Å²) in [6, 6.07) is 17.2. The maximum absolute atomic E-state index is 12.4. The predicted molar refractivity (Wildman–Crippen MR) is 145 cm³/mol. The monoisotopic (exact) mass is 504 g/mol.